The minimum Gasteiger partial charge on any atom is -0.497 e. The van der Waals surface area contributed by atoms with Crippen LogP contribution in [0.25, 0.3) is 22.6 Å². The highest BCUT2D eigenvalue weighted by Crippen LogP contribution is 2.31. The molecular weight excluding hydrogens is 409 g/mol. The van der Waals surface area contributed by atoms with E-state index in [2.05, 4.69) is 15.4 Å². The number of methoxy groups -OCH3 is 1. The molecule has 0 saturated carbocycles. The number of carbonyl (C=O) groups is 1. The van der Waals surface area contributed by atoms with E-state index < -0.39 is 0 Å². The van der Waals surface area contributed by atoms with Gasteiger partial charge in [0.25, 0.3) is 0 Å². The van der Waals surface area contributed by atoms with Crippen LogP contribution in [0.5, 0.6) is 5.75 Å². The first-order chi connectivity index (χ1) is 15.5. The van der Waals surface area contributed by atoms with E-state index in [1.165, 1.54) is 12.1 Å². The molecule has 4 rings (SSSR count). The molecule has 8 heteroatoms. The van der Waals surface area contributed by atoms with Crippen molar-refractivity contribution in [2.45, 2.75) is 13.0 Å². The number of imidazole rings is 1. The van der Waals surface area contributed by atoms with E-state index in [1.54, 1.807) is 31.6 Å². The number of aryl methyl sites for hydroxylation is 1. The molecule has 2 heterocycles. The molecule has 0 bridgehead atoms. The third-order valence-corrected chi connectivity index (χ3v) is 5.20. The predicted molar refractivity (Wildman–Crippen MR) is 120 cm³/mol. The van der Waals surface area contributed by atoms with Crippen molar-refractivity contribution in [1.82, 2.24) is 24.6 Å². The minimum absolute atomic E-state index is 0.0698. The van der Waals surface area contributed by atoms with E-state index in [-0.39, 0.29) is 18.1 Å². The number of rotatable bonds is 8. The second kappa shape index (κ2) is 9.47. The van der Waals surface area contributed by atoms with E-state index in [0.29, 0.717) is 13.1 Å². The highest BCUT2D eigenvalue weighted by atomic mass is 19.1. The molecule has 1 N–H and O–H groups in total. The largest absolute Gasteiger partial charge is 0.497 e. The van der Waals surface area contributed by atoms with Gasteiger partial charge in [-0.15, -0.1) is 0 Å². The van der Waals surface area contributed by atoms with E-state index in [1.807, 2.05) is 46.8 Å². The summed E-state index contributed by atoms with van der Waals surface area (Å²) in [6.45, 7) is 0.884. The van der Waals surface area contributed by atoms with Gasteiger partial charge in [0.15, 0.2) is 5.82 Å². The molecule has 2 aromatic carbocycles. The van der Waals surface area contributed by atoms with E-state index in [0.717, 1.165) is 34.0 Å². The van der Waals surface area contributed by atoms with Crippen LogP contribution in [0.3, 0.4) is 0 Å². The minimum atomic E-state index is -0.292. The maximum atomic E-state index is 13.4. The molecule has 0 fully saturated rings. The van der Waals surface area contributed by atoms with Gasteiger partial charge < -0.3 is 14.6 Å². The molecule has 32 heavy (non-hydrogen) atoms. The second-order valence-electron chi connectivity index (χ2n) is 7.37. The van der Waals surface area contributed by atoms with Gasteiger partial charge in [-0.2, -0.15) is 5.10 Å². The number of carbonyl (C=O) groups excluding carboxylic acids is 1. The van der Waals surface area contributed by atoms with Crippen LogP contribution in [0.1, 0.15) is 5.56 Å². The van der Waals surface area contributed by atoms with Crippen molar-refractivity contribution in [3.8, 4) is 28.4 Å². The maximum Gasteiger partial charge on any atom is 0.224 e. The zero-order valence-corrected chi connectivity index (χ0v) is 18.0. The molecule has 0 radical (unpaired) electrons. The Morgan fingerprint density at radius 2 is 1.88 bits per heavy atom. The summed E-state index contributed by atoms with van der Waals surface area (Å²) >= 11 is 0. The summed E-state index contributed by atoms with van der Waals surface area (Å²) in [5.41, 5.74) is 3.42. The molecule has 2 aromatic heterocycles. The van der Waals surface area contributed by atoms with Crippen LogP contribution in [0.15, 0.2) is 67.1 Å². The standard InChI is InChI=1S/C24H24FN5O2/c1-29-13-11-27-24(29)23-21(18-5-7-19(25)8-6-18)16-28-30(23)14-12-26-22(31)15-17-3-9-20(32-2)10-4-17/h3-11,13,16H,12,14-15H2,1-2H3,(H,26,31). The van der Waals surface area contributed by atoms with Crippen LogP contribution in [-0.2, 0) is 24.8 Å². The number of hydrogen-bond acceptors (Lipinski definition) is 4. The van der Waals surface area contributed by atoms with Gasteiger partial charge in [-0.05, 0) is 35.4 Å². The van der Waals surface area contributed by atoms with E-state index in [9.17, 15) is 9.18 Å². The zero-order chi connectivity index (χ0) is 22.5. The first-order valence-corrected chi connectivity index (χ1v) is 10.2. The number of amides is 1. The monoisotopic (exact) mass is 433 g/mol. The molecule has 0 unspecified atom stereocenters. The van der Waals surface area contributed by atoms with Gasteiger partial charge in [0.2, 0.25) is 5.91 Å². The Hall–Kier alpha value is -3.94. The predicted octanol–water partition coefficient (Wildman–Crippen LogP) is 3.46. The van der Waals surface area contributed by atoms with Crippen LogP contribution in [0, 0.1) is 5.82 Å². The molecule has 1 amide bonds. The lowest BCUT2D eigenvalue weighted by Gasteiger charge is -2.11. The first-order valence-electron chi connectivity index (χ1n) is 10.2. The molecule has 0 aliphatic heterocycles. The Kier molecular flexibility index (Phi) is 6.30. The number of nitrogens with one attached hydrogen (secondary N) is 1. The van der Waals surface area contributed by atoms with Crippen molar-refractivity contribution in [3.63, 3.8) is 0 Å². The van der Waals surface area contributed by atoms with Crippen LogP contribution in [0.4, 0.5) is 4.39 Å². The number of benzene rings is 2. The van der Waals surface area contributed by atoms with Crippen molar-refractivity contribution in [3.05, 3.63) is 78.5 Å². The lowest BCUT2D eigenvalue weighted by molar-refractivity contribution is -0.120. The number of aromatic nitrogens is 4. The molecule has 0 aliphatic carbocycles. The van der Waals surface area contributed by atoms with Gasteiger partial charge in [0.05, 0.1) is 26.3 Å². The summed E-state index contributed by atoms with van der Waals surface area (Å²) in [5.74, 6) is 1.14. The van der Waals surface area contributed by atoms with Crippen molar-refractivity contribution < 1.29 is 13.9 Å². The fourth-order valence-electron chi connectivity index (χ4n) is 3.52. The van der Waals surface area contributed by atoms with Gasteiger partial charge in [0, 0.05) is 31.5 Å². The zero-order valence-electron chi connectivity index (χ0n) is 18.0. The van der Waals surface area contributed by atoms with E-state index in [4.69, 9.17) is 4.74 Å². The fraction of sp³-hybridized carbons (Fsp3) is 0.208. The quantitative estimate of drug-likeness (QED) is 0.462. The Morgan fingerprint density at radius 3 is 2.53 bits per heavy atom. The SMILES string of the molecule is COc1ccc(CC(=O)NCCn2ncc(-c3ccc(F)cc3)c2-c2nccn2C)cc1. The average molecular weight is 433 g/mol. The van der Waals surface area contributed by atoms with Gasteiger partial charge in [-0.25, -0.2) is 9.37 Å². The molecule has 7 nitrogen and oxygen atoms in total. The molecule has 0 spiro atoms. The number of hydrogen-bond donors (Lipinski definition) is 1. The fourth-order valence-corrected chi connectivity index (χ4v) is 3.52. The van der Waals surface area contributed by atoms with Crippen molar-refractivity contribution >= 4 is 5.91 Å². The smallest absolute Gasteiger partial charge is 0.224 e. The van der Waals surface area contributed by atoms with Crippen LogP contribution in [0.2, 0.25) is 0 Å². The van der Waals surface area contributed by atoms with Crippen molar-refractivity contribution in [1.29, 1.82) is 0 Å². The molecule has 0 aliphatic rings. The van der Waals surface area contributed by atoms with Gasteiger partial charge in [-0.1, -0.05) is 24.3 Å². The third kappa shape index (κ3) is 4.69. The van der Waals surface area contributed by atoms with Crippen LogP contribution in [-0.4, -0.2) is 38.9 Å². The lowest BCUT2D eigenvalue weighted by atomic mass is 10.1. The Bertz CT molecular complexity index is 1200. The summed E-state index contributed by atoms with van der Waals surface area (Å²) in [7, 11) is 3.52. The summed E-state index contributed by atoms with van der Waals surface area (Å²) in [4.78, 5) is 16.8. The van der Waals surface area contributed by atoms with Crippen LogP contribution >= 0.6 is 0 Å². The molecule has 4 aromatic rings. The normalized spacial score (nSPS) is 10.8. The Balaban J connectivity index is 1.48. The number of ether oxygens (including phenoxy) is 1. The summed E-state index contributed by atoms with van der Waals surface area (Å²) in [6.07, 6.45) is 5.61. The molecule has 0 saturated heterocycles. The Labute approximate surface area is 185 Å². The van der Waals surface area contributed by atoms with Gasteiger partial charge in [-0.3, -0.25) is 9.48 Å². The molecule has 164 valence electrons. The summed E-state index contributed by atoms with van der Waals surface area (Å²) < 4.78 is 22.3. The van der Waals surface area contributed by atoms with Crippen LogP contribution < -0.4 is 10.1 Å². The topological polar surface area (TPSA) is 74.0 Å². The lowest BCUT2D eigenvalue weighted by Crippen LogP contribution is -2.29. The highest BCUT2D eigenvalue weighted by molar-refractivity contribution is 5.79. The molecule has 0 atom stereocenters. The van der Waals surface area contributed by atoms with Crippen molar-refractivity contribution in [2.75, 3.05) is 13.7 Å². The van der Waals surface area contributed by atoms with E-state index >= 15 is 0 Å². The average Bonchev–Trinajstić information content (AvgIpc) is 3.40. The second-order valence-corrected chi connectivity index (χ2v) is 7.37. The first kappa shape index (κ1) is 21.3. The molecular formula is C24H24FN5O2. The van der Waals surface area contributed by atoms with Gasteiger partial charge in [0.1, 0.15) is 17.3 Å². The summed E-state index contributed by atoms with van der Waals surface area (Å²) in [5, 5.41) is 7.46. The number of nitrogens with zero attached hydrogens (tertiary/aromatic N) is 4. The Morgan fingerprint density at radius 1 is 1.12 bits per heavy atom. The number of halogens is 1. The van der Waals surface area contributed by atoms with Crippen molar-refractivity contribution in [2.24, 2.45) is 7.05 Å². The van der Waals surface area contributed by atoms with Gasteiger partial charge >= 0.3 is 0 Å². The maximum absolute atomic E-state index is 13.4. The third-order valence-electron chi connectivity index (χ3n) is 5.20. The summed E-state index contributed by atoms with van der Waals surface area (Å²) in [6, 6.07) is 13.7. The highest BCUT2D eigenvalue weighted by Gasteiger charge is 2.18.